The first kappa shape index (κ1) is 24.8. The maximum atomic E-state index is 13.3. The lowest BCUT2D eigenvalue weighted by Gasteiger charge is -2.16. The minimum atomic E-state index is -5.20. The zero-order chi connectivity index (χ0) is 23.2. The van der Waals surface area contributed by atoms with Gasteiger partial charge in [-0.2, -0.15) is 26.3 Å². The van der Waals surface area contributed by atoms with E-state index < -0.39 is 76.1 Å². The molecule has 2 heterocycles. The van der Waals surface area contributed by atoms with Gasteiger partial charge in [-0.25, -0.2) is 9.97 Å². The van der Waals surface area contributed by atoms with E-state index in [1.54, 1.807) is 0 Å². The number of alkyl halides is 6. The molecule has 2 rings (SSSR count). The summed E-state index contributed by atoms with van der Waals surface area (Å²) < 4.78 is 87.2. The van der Waals surface area contributed by atoms with Crippen molar-refractivity contribution < 1.29 is 35.9 Å². The zero-order valence-corrected chi connectivity index (χ0v) is 17.4. The number of carbonyl (C=O) groups is 2. The Balaban J connectivity index is 2.65. The SMILES string of the molecule is N=S(C(=O)c1c(C(F)(F)F)cc(Cl)nc1Cl)C(=O)c1c(C(F)(F)F)cc(Cl)nc1Cl. The average Bonchev–Trinajstić information content (AvgIpc) is 2.57. The van der Waals surface area contributed by atoms with Crippen LogP contribution in [0, 0.1) is 4.78 Å². The Morgan fingerprint density at radius 1 is 0.767 bits per heavy atom. The predicted molar refractivity (Wildman–Crippen MR) is 97.3 cm³/mol. The molecule has 0 atom stereocenters. The van der Waals surface area contributed by atoms with Crippen LogP contribution < -0.4 is 0 Å². The molecule has 1 N–H and O–H groups in total. The minimum Gasteiger partial charge on any atom is -0.280 e. The monoisotopic (exact) mass is 531 g/mol. The molecule has 0 aliphatic carbocycles. The quantitative estimate of drug-likeness (QED) is 0.354. The van der Waals surface area contributed by atoms with Crippen molar-refractivity contribution in [1.29, 1.82) is 4.78 Å². The summed E-state index contributed by atoms with van der Waals surface area (Å²) in [6, 6.07) is 0.445. The van der Waals surface area contributed by atoms with Gasteiger partial charge >= 0.3 is 12.4 Å². The summed E-state index contributed by atoms with van der Waals surface area (Å²) in [5.74, 6) is 0. The van der Waals surface area contributed by atoms with Gasteiger partial charge in [0.15, 0.2) is 0 Å². The zero-order valence-electron chi connectivity index (χ0n) is 13.6. The van der Waals surface area contributed by atoms with E-state index in [1.807, 2.05) is 0 Å². The Morgan fingerprint density at radius 2 is 1.07 bits per heavy atom. The number of nitrogens with one attached hydrogen (secondary N) is 1. The van der Waals surface area contributed by atoms with E-state index in [1.165, 1.54) is 0 Å². The molecule has 0 amide bonds. The van der Waals surface area contributed by atoms with Crippen LogP contribution in [0.25, 0.3) is 0 Å². The van der Waals surface area contributed by atoms with Crippen molar-refractivity contribution in [1.82, 2.24) is 9.97 Å². The Hall–Kier alpha value is -1.47. The molecule has 2 aromatic rings. The van der Waals surface area contributed by atoms with Crippen LogP contribution >= 0.6 is 46.4 Å². The van der Waals surface area contributed by atoms with Crippen molar-refractivity contribution in [3.63, 3.8) is 0 Å². The first-order valence-corrected chi connectivity index (χ1v) is 9.70. The van der Waals surface area contributed by atoms with Gasteiger partial charge in [-0.3, -0.25) is 14.4 Å². The maximum Gasteiger partial charge on any atom is 0.417 e. The second kappa shape index (κ2) is 8.58. The molecule has 0 bridgehead atoms. The van der Waals surface area contributed by atoms with Crippen LogP contribution in [0.4, 0.5) is 26.3 Å². The molecule has 2 aromatic heterocycles. The average molecular weight is 533 g/mol. The fourth-order valence-electron chi connectivity index (χ4n) is 2.09. The molecule has 0 spiro atoms. The van der Waals surface area contributed by atoms with E-state index in [0.717, 1.165) is 0 Å². The molecule has 5 nitrogen and oxygen atoms in total. The lowest BCUT2D eigenvalue weighted by atomic mass is 10.1. The molecule has 0 fully saturated rings. The van der Waals surface area contributed by atoms with Gasteiger partial charge in [0.1, 0.15) is 20.6 Å². The first-order valence-electron chi connectivity index (χ1n) is 6.96. The summed E-state index contributed by atoms with van der Waals surface area (Å²) in [7, 11) is -3.15. The van der Waals surface area contributed by atoms with Crippen LogP contribution in [0.2, 0.25) is 20.6 Å². The van der Waals surface area contributed by atoms with Crippen LogP contribution in [0.3, 0.4) is 0 Å². The van der Waals surface area contributed by atoms with Crippen molar-refractivity contribution in [3.05, 3.63) is 55.0 Å². The summed E-state index contributed by atoms with van der Waals surface area (Å²) >= 11 is 21.9. The van der Waals surface area contributed by atoms with E-state index in [-0.39, 0.29) is 12.1 Å². The highest BCUT2D eigenvalue weighted by Crippen LogP contribution is 2.39. The van der Waals surface area contributed by atoms with Gasteiger partial charge < -0.3 is 0 Å². The Kier molecular flexibility index (Phi) is 7.09. The fraction of sp³-hybridized carbons (Fsp3) is 0.143. The molecule has 0 saturated carbocycles. The highest BCUT2D eigenvalue weighted by atomic mass is 35.5. The van der Waals surface area contributed by atoms with E-state index in [2.05, 4.69) is 9.97 Å². The summed E-state index contributed by atoms with van der Waals surface area (Å²) in [6.07, 6.45) is -10.4. The number of aromatic nitrogens is 2. The van der Waals surface area contributed by atoms with Gasteiger partial charge in [-0.15, -0.1) is 0 Å². The largest absolute Gasteiger partial charge is 0.417 e. The summed E-state index contributed by atoms with van der Waals surface area (Å²) in [6.45, 7) is 0. The van der Waals surface area contributed by atoms with Crippen molar-refractivity contribution in [2.75, 3.05) is 0 Å². The van der Waals surface area contributed by atoms with E-state index in [9.17, 15) is 35.9 Å². The van der Waals surface area contributed by atoms with Crippen LogP contribution in [0.5, 0.6) is 0 Å². The number of nitrogens with zero attached hydrogens (tertiary/aromatic N) is 2. The van der Waals surface area contributed by atoms with Crippen LogP contribution in [-0.2, 0) is 23.0 Å². The number of hydrogen-bond donors (Lipinski definition) is 1. The summed E-state index contributed by atoms with van der Waals surface area (Å²) in [4.78, 5) is 31.4. The van der Waals surface area contributed by atoms with Crippen molar-refractivity contribution in [2.24, 2.45) is 0 Å². The van der Waals surface area contributed by atoms with Crippen molar-refractivity contribution in [3.8, 4) is 0 Å². The second-order valence-corrected chi connectivity index (χ2v) is 8.04. The number of carbonyl (C=O) groups excluding carboxylic acids is 2. The lowest BCUT2D eigenvalue weighted by Crippen LogP contribution is -2.24. The topological polar surface area (TPSA) is 83.8 Å². The number of rotatable bonds is 2. The van der Waals surface area contributed by atoms with Crippen LogP contribution in [0.1, 0.15) is 31.8 Å². The van der Waals surface area contributed by atoms with Gasteiger partial charge in [-0.05, 0) is 12.1 Å². The predicted octanol–water partition coefficient (Wildman–Crippen LogP) is 6.49. The van der Waals surface area contributed by atoms with Gasteiger partial charge in [-0.1, -0.05) is 46.4 Å². The van der Waals surface area contributed by atoms with Gasteiger partial charge in [0.2, 0.25) is 10.2 Å². The van der Waals surface area contributed by atoms with Gasteiger partial charge in [0.25, 0.3) is 0 Å². The third kappa shape index (κ3) is 5.05. The maximum absolute atomic E-state index is 13.3. The molecule has 30 heavy (non-hydrogen) atoms. The Labute approximate surface area is 185 Å². The summed E-state index contributed by atoms with van der Waals surface area (Å²) in [5.41, 5.74) is -6.23. The second-order valence-electron chi connectivity index (χ2n) is 5.19. The standard InChI is InChI=1S/C14H3Cl4F6N3O2S/c15-5-1-3(13(19,20)21)7(9(17)26-5)11(28)30(25)12(29)8-4(14(22,23)24)2-6(16)27-10(8)18/h1-2,25H. The van der Waals surface area contributed by atoms with E-state index in [4.69, 9.17) is 51.2 Å². The third-order valence-corrected chi connectivity index (χ3v) is 5.36. The highest BCUT2D eigenvalue weighted by Gasteiger charge is 2.42. The molecule has 0 aromatic carbocycles. The molecule has 16 heteroatoms. The molecule has 0 aliphatic heterocycles. The smallest absolute Gasteiger partial charge is 0.280 e. The molecule has 0 radical (unpaired) electrons. The van der Waals surface area contributed by atoms with Gasteiger partial charge in [0.05, 0.1) is 22.3 Å². The number of pyridine rings is 2. The third-order valence-electron chi connectivity index (χ3n) is 3.28. The molecule has 0 saturated heterocycles. The summed E-state index contributed by atoms with van der Waals surface area (Å²) in [5, 5.41) is -7.36. The molecular formula is C14H3Cl4F6N3O2S. The van der Waals surface area contributed by atoms with Crippen LogP contribution in [0.15, 0.2) is 12.1 Å². The Morgan fingerprint density at radius 3 is 1.33 bits per heavy atom. The Bertz CT molecular complexity index is 1010. The minimum absolute atomic E-state index is 0.223. The highest BCUT2D eigenvalue weighted by molar-refractivity contribution is 8.15. The molecule has 0 unspecified atom stereocenters. The molecular weight excluding hydrogens is 530 g/mol. The molecule has 162 valence electrons. The van der Waals surface area contributed by atoms with E-state index in [0.29, 0.717) is 0 Å². The van der Waals surface area contributed by atoms with Crippen molar-refractivity contribution in [2.45, 2.75) is 12.4 Å². The number of hydrogen-bond acceptors (Lipinski definition) is 5. The first-order chi connectivity index (χ1) is 13.6. The lowest BCUT2D eigenvalue weighted by molar-refractivity contribution is -0.138. The fourth-order valence-corrected chi connectivity index (χ4v) is 4.23. The molecule has 0 aliphatic rings. The normalized spacial score (nSPS) is 12.4. The van der Waals surface area contributed by atoms with Crippen LogP contribution in [-0.4, -0.2) is 20.2 Å². The van der Waals surface area contributed by atoms with Crippen molar-refractivity contribution >= 4 is 67.3 Å². The van der Waals surface area contributed by atoms with E-state index >= 15 is 0 Å². The number of halogens is 10. The van der Waals surface area contributed by atoms with Gasteiger partial charge in [0, 0.05) is 10.7 Å².